The molecule has 4 aliphatic heterocycles. The fourth-order valence-electron chi connectivity index (χ4n) is 6.27. The molecule has 0 radical (unpaired) electrons. The summed E-state index contributed by atoms with van der Waals surface area (Å²) in [5.41, 5.74) is 5.45. The molecule has 0 aromatic carbocycles. The number of carbonyl (C=O) groups is 3. The van der Waals surface area contributed by atoms with Gasteiger partial charge < -0.3 is 105 Å². The largest absolute Gasteiger partial charge is 0.477 e. The standard InChI is InChI=1S/C32H55N3O21S/c1-32(29(44)45)55-25-22(43)24(54-27-21(42)19(40)23(15(12-37)51-27)53-26-20(41)18(39)17(38)14(11-36)50-26)16(52-28(25)56-32)13-49-31(47)35-7-6-34-30(46)48-8-3-2-4-9-57-10-5-33/h14-28,36-43H,2-13,33H2,1H3,(H,34,46)(H,35,47)(H,44,45)/t14?,15?,16?,17-,18?,19?,20?,21?,22?,23-,24+,25?,26+,27-,28+,32-/m0/s1. The third-order valence-electron chi connectivity index (χ3n) is 9.43. The van der Waals surface area contributed by atoms with Gasteiger partial charge in [0.05, 0.1) is 19.8 Å². The lowest BCUT2D eigenvalue weighted by atomic mass is 9.96. The van der Waals surface area contributed by atoms with Gasteiger partial charge in [-0.25, -0.2) is 14.4 Å². The first-order valence-corrected chi connectivity index (χ1v) is 19.6. The third-order valence-corrected chi connectivity index (χ3v) is 10.5. The van der Waals surface area contributed by atoms with Gasteiger partial charge >= 0.3 is 18.2 Å². The van der Waals surface area contributed by atoms with Gasteiger partial charge in [-0.2, -0.15) is 11.8 Å². The van der Waals surface area contributed by atoms with Crippen LogP contribution in [0, 0.1) is 0 Å². The molecule has 9 unspecified atom stereocenters. The van der Waals surface area contributed by atoms with E-state index >= 15 is 0 Å². The van der Waals surface area contributed by atoms with E-state index in [9.17, 15) is 60.3 Å². The number of nitrogens with two attached hydrogens (primary N) is 1. The van der Waals surface area contributed by atoms with Crippen molar-refractivity contribution < 1.29 is 103 Å². The summed E-state index contributed by atoms with van der Waals surface area (Å²) in [4.78, 5) is 36.3. The topological polar surface area (TPSA) is 366 Å². The number of carboxylic acids is 1. The van der Waals surface area contributed by atoms with Crippen molar-refractivity contribution in [3.63, 3.8) is 0 Å². The van der Waals surface area contributed by atoms with Crippen molar-refractivity contribution in [1.29, 1.82) is 0 Å². The molecular formula is C32H55N3O21S. The Morgan fingerprint density at radius 3 is 1.91 bits per heavy atom. The highest BCUT2D eigenvalue weighted by Gasteiger charge is 2.60. The van der Waals surface area contributed by atoms with Gasteiger partial charge in [0.2, 0.25) is 0 Å². The lowest BCUT2D eigenvalue weighted by molar-refractivity contribution is -0.374. The quantitative estimate of drug-likeness (QED) is 0.0509. The summed E-state index contributed by atoms with van der Waals surface area (Å²) >= 11 is 1.76. The fourth-order valence-corrected chi connectivity index (χ4v) is 7.05. The molecule has 0 spiro atoms. The second-order valence-corrected chi connectivity index (χ2v) is 14.9. The van der Waals surface area contributed by atoms with Crippen LogP contribution in [0.3, 0.4) is 0 Å². The Labute approximate surface area is 330 Å². The van der Waals surface area contributed by atoms with Gasteiger partial charge in [0, 0.05) is 32.3 Å². The summed E-state index contributed by atoms with van der Waals surface area (Å²) in [7, 11) is 0. The molecular weight excluding hydrogens is 794 g/mol. The Morgan fingerprint density at radius 1 is 0.702 bits per heavy atom. The molecule has 0 bridgehead atoms. The minimum Gasteiger partial charge on any atom is -0.477 e. The number of carbonyl (C=O) groups excluding carboxylic acids is 2. The number of thioether (sulfide) groups is 1. The molecule has 25 heteroatoms. The lowest BCUT2D eigenvalue weighted by Gasteiger charge is -2.47. The average molecular weight is 850 g/mol. The van der Waals surface area contributed by atoms with Crippen molar-refractivity contribution in [3.8, 4) is 0 Å². The van der Waals surface area contributed by atoms with Gasteiger partial charge in [0.15, 0.2) is 18.9 Å². The number of amides is 2. The van der Waals surface area contributed by atoms with Crippen LogP contribution in [0.15, 0.2) is 0 Å². The molecule has 330 valence electrons. The van der Waals surface area contributed by atoms with E-state index in [4.69, 9.17) is 48.4 Å². The summed E-state index contributed by atoms with van der Waals surface area (Å²) in [5.74, 6) is -1.97. The number of hydrogen-bond acceptors (Lipinski definition) is 22. The molecule has 4 heterocycles. The van der Waals surface area contributed by atoms with Crippen molar-refractivity contribution >= 4 is 29.9 Å². The molecule has 4 rings (SSSR count). The Hall–Kier alpha value is -2.28. The highest BCUT2D eigenvalue weighted by molar-refractivity contribution is 7.99. The number of ether oxygens (including phenoxy) is 9. The van der Waals surface area contributed by atoms with Gasteiger partial charge in [-0.15, -0.1) is 0 Å². The molecule has 0 saturated carbocycles. The summed E-state index contributed by atoms with van der Waals surface area (Å²) in [5, 5.41) is 98.1. The van der Waals surface area contributed by atoms with Crippen molar-refractivity contribution in [1.82, 2.24) is 10.6 Å². The van der Waals surface area contributed by atoms with E-state index in [0.29, 0.717) is 13.0 Å². The van der Waals surface area contributed by atoms with Crippen molar-refractivity contribution in [3.05, 3.63) is 0 Å². The maximum atomic E-state index is 12.6. The van der Waals surface area contributed by atoms with Crippen LogP contribution in [0.1, 0.15) is 26.2 Å². The van der Waals surface area contributed by atoms with Crippen LogP contribution in [-0.4, -0.2) is 220 Å². The van der Waals surface area contributed by atoms with Gasteiger partial charge in [0.1, 0.15) is 79.9 Å². The zero-order chi connectivity index (χ0) is 41.9. The van der Waals surface area contributed by atoms with Gasteiger partial charge in [0.25, 0.3) is 5.79 Å². The number of unbranched alkanes of at least 4 members (excludes halogenated alkanes) is 2. The van der Waals surface area contributed by atoms with E-state index in [-0.39, 0.29) is 19.7 Å². The SMILES string of the molecule is C[C@]1(C(=O)O)OC2C(O)[C@H](O[C@@H]3OC(CO)[C@H](O[C@H]4OC(CO)[C@H](O)C(O)C4O)C(O)C3O)C(COC(=O)NCCNC(=O)OCCCCCSCCN)O[C@@H]2O1. The van der Waals surface area contributed by atoms with Crippen molar-refractivity contribution in [2.24, 2.45) is 5.73 Å². The molecule has 0 aromatic heterocycles. The monoisotopic (exact) mass is 849 g/mol. The van der Waals surface area contributed by atoms with E-state index < -0.39 is 136 Å². The number of nitrogens with one attached hydrogen (secondary N) is 2. The Morgan fingerprint density at radius 2 is 1.30 bits per heavy atom. The van der Waals surface area contributed by atoms with Crippen LogP contribution >= 0.6 is 11.8 Å². The molecule has 13 N–H and O–H groups in total. The first kappa shape index (κ1) is 47.4. The Bertz CT molecular complexity index is 1280. The van der Waals surface area contributed by atoms with Crippen molar-refractivity contribution in [2.75, 3.05) is 57.6 Å². The van der Waals surface area contributed by atoms with Crippen LogP contribution in [0.2, 0.25) is 0 Å². The number of hydrogen-bond donors (Lipinski definition) is 12. The van der Waals surface area contributed by atoms with E-state index in [1.54, 1.807) is 11.8 Å². The Balaban J connectivity index is 1.33. The molecule has 24 nitrogen and oxygen atoms in total. The molecule has 2 amide bonds. The highest BCUT2D eigenvalue weighted by atomic mass is 32.2. The average Bonchev–Trinajstić information content (AvgIpc) is 3.55. The van der Waals surface area contributed by atoms with E-state index in [0.717, 1.165) is 31.3 Å². The van der Waals surface area contributed by atoms with Crippen LogP contribution in [0.4, 0.5) is 9.59 Å². The number of carboxylic acid groups (broad SMARTS) is 1. The number of alkyl carbamates (subject to hydrolysis) is 2. The summed E-state index contributed by atoms with van der Waals surface area (Å²) in [6.45, 7) is -0.580. The van der Waals surface area contributed by atoms with Gasteiger partial charge in [-0.3, -0.25) is 0 Å². The molecule has 16 atom stereocenters. The predicted octanol–water partition coefficient (Wildman–Crippen LogP) is -5.39. The maximum Gasteiger partial charge on any atom is 0.407 e. The molecule has 4 saturated heterocycles. The molecule has 57 heavy (non-hydrogen) atoms. The summed E-state index contributed by atoms with van der Waals surface area (Å²) < 4.78 is 49.3. The van der Waals surface area contributed by atoms with E-state index in [1.807, 2.05) is 0 Å². The summed E-state index contributed by atoms with van der Waals surface area (Å²) in [6.07, 6.45) is -24.9. The second-order valence-electron chi connectivity index (χ2n) is 13.6. The van der Waals surface area contributed by atoms with E-state index in [2.05, 4.69) is 10.6 Å². The smallest absolute Gasteiger partial charge is 0.407 e. The summed E-state index contributed by atoms with van der Waals surface area (Å²) in [6, 6.07) is 0. The first-order chi connectivity index (χ1) is 27.1. The van der Waals surface area contributed by atoms with Crippen LogP contribution < -0.4 is 16.4 Å². The van der Waals surface area contributed by atoms with Crippen LogP contribution in [0.5, 0.6) is 0 Å². The number of fused-ring (bicyclic) bond motifs is 1. The van der Waals surface area contributed by atoms with E-state index in [1.165, 1.54) is 0 Å². The second kappa shape index (κ2) is 22.4. The number of rotatable bonds is 20. The third kappa shape index (κ3) is 12.4. The maximum absolute atomic E-state index is 12.6. The molecule has 0 aromatic rings. The minimum absolute atomic E-state index is 0.0247. The highest BCUT2D eigenvalue weighted by Crippen LogP contribution is 2.39. The first-order valence-electron chi connectivity index (χ1n) is 18.4. The number of aliphatic hydroxyl groups is 8. The number of aliphatic hydroxyl groups excluding tert-OH is 8. The normalized spacial score (nSPS) is 39.2. The van der Waals surface area contributed by atoms with Gasteiger partial charge in [-0.05, 0) is 25.0 Å². The minimum atomic E-state index is -2.28. The number of aliphatic carboxylic acids is 1. The van der Waals surface area contributed by atoms with Gasteiger partial charge in [-0.1, -0.05) is 0 Å². The lowest BCUT2D eigenvalue weighted by Crippen LogP contribution is -2.66. The zero-order valence-electron chi connectivity index (χ0n) is 31.1. The molecule has 4 aliphatic rings. The fraction of sp³-hybridized carbons (Fsp3) is 0.906. The van der Waals surface area contributed by atoms with Crippen molar-refractivity contribution in [2.45, 2.75) is 124 Å². The molecule has 4 fully saturated rings. The van der Waals surface area contributed by atoms with Crippen LogP contribution in [0.25, 0.3) is 0 Å². The molecule has 0 aliphatic carbocycles. The predicted molar refractivity (Wildman–Crippen MR) is 187 cm³/mol. The zero-order valence-corrected chi connectivity index (χ0v) is 31.9. The Kier molecular flexibility index (Phi) is 18.6. The van der Waals surface area contributed by atoms with Crippen LogP contribution in [-0.2, 0) is 47.4 Å².